The van der Waals surface area contributed by atoms with Crippen molar-refractivity contribution in [3.05, 3.63) is 70.3 Å². The summed E-state index contributed by atoms with van der Waals surface area (Å²) in [5.74, 6) is -2.26. The van der Waals surface area contributed by atoms with Gasteiger partial charge in [-0.2, -0.15) is 0 Å². The van der Waals surface area contributed by atoms with Crippen LogP contribution in [-0.4, -0.2) is 0 Å². The van der Waals surface area contributed by atoms with E-state index in [2.05, 4.69) is 6.92 Å². The van der Waals surface area contributed by atoms with E-state index in [-0.39, 0.29) is 17.9 Å². The molecular formula is C23H26F4. The summed E-state index contributed by atoms with van der Waals surface area (Å²) in [5.41, 5.74) is 0.963. The molecular weight excluding hydrogens is 352 g/mol. The molecule has 146 valence electrons. The zero-order chi connectivity index (χ0) is 19.4. The van der Waals surface area contributed by atoms with Gasteiger partial charge in [0, 0.05) is 12.0 Å². The first-order valence-electron chi connectivity index (χ1n) is 9.89. The third-order valence-corrected chi connectivity index (χ3v) is 5.81. The minimum atomic E-state index is -1.01. The molecule has 1 aliphatic rings. The molecule has 27 heavy (non-hydrogen) atoms. The minimum Gasteiger partial charge on any atom is -0.207 e. The lowest BCUT2D eigenvalue weighted by Crippen LogP contribution is -2.14. The van der Waals surface area contributed by atoms with Crippen molar-refractivity contribution < 1.29 is 17.6 Å². The van der Waals surface area contributed by atoms with E-state index in [1.165, 1.54) is 37.5 Å². The van der Waals surface area contributed by atoms with Crippen LogP contribution >= 0.6 is 0 Å². The molecule has 0 atom stereocenters. The lowest BCUT2D eigenvalue weighted by atomic mass is 9.77. The lowest BCUT2D eigenvalue weighted by Gasteiger charge is -2.29. The summed E-state index contributed by atoms with van der Waals surface area (Å²) in [5, 5.41) is 0. The monoisotopic (exact) mass is 378 g/mol. The van der Waals surface area contributed by atoms with E-state index in [9.17, 15) is 17.6 Å². The maximum atomic E-state index is 14.6. The molecule has 1 aliphatic carbocycles. The Morgan fingerprint density at radius 3 is 2.07 bits per heavy atom. The molecule has 0 amide bonds. The maximum Gasteiger partial charge on any atom is 0.159 e. The molecule has 0 unspecified atom stereocenters. The molecule has 2 aromatic carbocycles. The van der Waals surface area contributed by atoms with Crippen LogP contribution < -0.4 is 0 Å². The van der Waals surface area contributed by atoms with E-state index in [1.54, 1.807) is 0 Å². The fourth-order valence-corrected chi connectivity index (χ4v) is 4.16. The summed E-state index contributed by atoms with van der Waals surface area (Å²) >= 11 is 0. The number of hydrogen-bond donors (Lipinski definition) is 0. The van der Waals surface area contributed by atoms with Gasteiger partial charge in [-0.15, -0.1) is 0 Å². The first kappa shape index (κ1) is 19.9. The van der Waals surface area contributed by atoms with E-state index >= 15 is 0 Å². The van der Waals surface area contributed by atoms with Crippen LogP contribution in [0.4, 0.5) is 17.6 Å². The fourth-order valence-electron chi connectivity index (χ4n) is 4.16. The Hall–Kier alpha value is -1.84. The largest absolute Gasteiger partial charge is 0.207 e. The quantitative estimate of drug-likeness (QED) is 0.463. The third kappa shape index (κ3) is 4.91. The molecule has 0 saturated heterocycles. The highest BCUT2D eigenvalue weighted by Crippen LogP contribution is 2.38. The molecule has 0 N–H and O–H groups in total. The van der Waals surface area contributed by atoms with Crippen LogP contribution in [0.1, 0.15) is 74.5 Å². The molecule has 1 fully saturated rings. The van der Waals surface area contributed by atoms with Crippen molar-refractivity contribution in [2.45, 2.75) is 64.2 Å². The summed E-state index contributed by atoms with van der Waals surface area (Å²) in [6.07, 6.45) is 7.77. The smallest absolute Gasteiger partial charge is 0.159 e. The average Bonchev–Trinajstić information content (AvgIpc) is 2.66. The highest BCUT2D eigenvalue weighted by atomic mass is 19.2. The molecule has 0 nitrogen and oxygen atoms in total. The molecule has 0 heterocycles. The lowest BCUT2D eigenvalue weighted by molar-refractivity contribution is 0.303. The van der Waals surface area contributed by atoms with Gasteiger partial charge in [-0.3, -0.25) is 0 Å². The Labute approximate surface area is 158 Å². The van der Waals surface area contributed by atoms with Crippen molar-refractivity contribution >= 4 is 0 Å². The fraction of sp³-hybridized carbons (Fsp3) is 0.478. The highest BCUT2D eigenvalue weighted by molar-refractivity contribution is 5.33. The van der Waals surface area contributed by atoms with E-state index in [4.69, 9.17) is 0 Å². The number of hydrogen-bond acceptors (Lipinski definition) is 0. The van der Waals surface area contributed by atoms with Crippen molar-refractivity contribution in [1.29, 1.82) is 0 Å². The molecule has 0 bridgehead atoms. The average molecular weight is 378 g/mol. The standard InChI is InChI=1S/C23H26F4/c1-2-3-4-15-5-8-17(9-6-15)18-13-21(25)19(22(26)14-18)11-16-7-10-20(24)23(27)12-16/h7,10,12-15,17H,2-6,8-9,11H2,1H3. The van der Waals surface area contributed by atoms with E-state index < -0.39 is 23.3 Å². The van der Waals surface area contributed by atoms with Gasteiger partial charge in [0.05, 0.1) is 0 Å². The topological polar surface area (TPSA) is 0 Å². The van der Waals surface area contributed by atoms with Crippen molar-refractivity contribution in [3.63, 3.8) is 0 Å². The van der Waals surface area contributed by atoms with Crippen LogP contribution in [0.5, 0.6) is 0 Å². The second-order valence-electron chi connectivity index (χ2n) is 7.75. The van der Waals surface area contributed by atoms with Crippen LogP contribution in [0.25, 0.3) is 0 Å². The number of benzene rings is 2. The van der Waals surface area contributed by atoms with Gasteiger partial charge in [0.15, 0.2) is 11.6 Å². The number of halogens is 4. The molecule has 0 radical (unpaired) electrons. The molecule has 2 aromatic rings. The van der Waals surface area contributed by atoms with E-state index in [1.807, 2.05) is 0 Å². The molecule has 0 aliphatic heterocycles. The van der Waals surface area contributed by atoms with Gasteiger partial charge in [-0.1, -0.05) is 32.3 Å². The Morgan fingerprint density at radius 1 is 0.815 bits per heavy atom. The predicted molar refractivity (Wildman–Crippen MR) is 99.7 cm³/mol. The summed E-state index contributed by atoms with van der Waals surface area (Å²) in [7, 11) is 0. The normalized spacial score (nSPS) is 20.0. The minimum absolute atomic E-state index is 0.0959. The first-order valence-corrected chi connectivity index (χ1v) is 9.89. The van der Waals surface area contributed by atoms with Crippen LogP contribution in [0.15, 0.2) is 30.3 Å². The van der Waals surface area contributed by atoms with Crippen molar-refractivity contribution in [3.8, 4) is 0 Å². The van der Waals surface area contributed by atoms with Gasteiger partial charge in [0.2, 0.25) is 0 Å². The second kappa shape index (κ2) is 8.90. The zero-order valence-corrected chi connectivity index (χ0v) is 15.7. The molecule has 0 aromatic heterocycles. The van der Waals surface area contributed by atoms with E-state index in [0.29, 0.717) is 11.1 Å². The van der Waals surface area contributed by atoms with Gasteiger partial charge >= 0.3 is 0 Å². The maximum absolute atomic E-state index is 14.6. The Kier molecular flexibility index (Phi) is 6.56. The second-order valence-corrected chi connectivity index (χ2v) is 7.75. The number of rotatable bonds is 6. The van der Waals surface area contributed by atoms with Crippen molar-refractivity contribution in [2.75, 3.05) is 0 Å². The molecule has 0 spiro atoms. The van der Waals surface area contributed by atoms with Crippen LogP contribution in [0.2, 0.25) is 0 Å². The summed E-state index contributed by atoms with van der Waals surface area (Å²) in [6.45, 7) is 2.19. The highest BCUT2D eigenvalue weighted by Gasteiger charge is 2.24. The summed E-state index contributed by atoms with van der Waals surface area (Å²) < 4.78 is 55.5. The van der Waals surface area contributed by atoms with Crippen LogP contribution in [0.3, 0.4) is 0 Å². The molecule has 4 heteroatoms. The third-order valence-electron chi connectivity index (χ3n) is 5.81. The van der Waals surface area contributed by atoms with Gasteiger partial charge in [0.25, 0.3) is 0 Å². The number of unbranched alkanes of at least 4 members (excludes halogenated alkanes) is 1. The Bertz CT molecular complexity index is 753. The van der Waals surface area contributed by atoms with Crippen LogP contribution in [0, 0.1) is 29.2 Å². The molecule has 3 rings (SSSR count). The van der Waals surface area contributed by atoms with Gasteiger partial charge in [-0.25, -0.2) is 17.6 Å². The first-order chi connectivity index (χ1) is 13.0. The SMILES string of the molecule is CCCCC1CCC(c2cc(F)c(Cc3ccc(F)c(F)c3)c(F)c2)CC1. The van der Waals surface area contributed by atoms with Crippen molar-refractivity contribution in [1.82, 2.24) is 0 Å². The van der Waals surface area contributed by atoms with Crippen LogP contribution in [-0.2, 0) is 6.42 Å². The van der Waals surface area contributed by atoms with Crippen molar-refractivity contribution in [2.24, 2.45) is 5.92 Å². The Morgan fingerprint density at radius 2 is 1.48 bits per heavy atom. The van der Waals surface area contributed by atoms with Gasteiger partial charge in [-0.05, 0) is 72.9 Å². The zero-order valence-electron chi connectivity index (χ0n) is 15.7. The summed E-state index contributed by atoms with van der Waals surface area (Å²) in [4.78, 5) is 0. The van der Waals surface area contributed by atoms with Gasteiger partial charge in [0.1, 0.15) is 11.6 Å². The van der Waals surface area contributed by atoms with E-state index in [0.717, 1.165) is 43.7 Å². The predicted octanol–water partition coefficient (Wildman–Crippen LogP) is 7.30. The summed E-state index contributed by atoms with van der Waals surface area (Å²) in [6, 6.07) is 6.17. The Balaban J connectivity index is 1.70. The molecule has 1 saturated carbocycles. The van der Waals surface area contributed by atoms with Gasteiger partial charge < -0.3 is 0 Å².